The van der Waals surface area contributed by atoms with Gasteiger partial charge in [-0.05, 0) is 19.4 Å². The molecule has 0 aliphatic rings. The summed E-state index contributed by atoms with van der Waals surface area (Å²) in [5.74, 6) is 0. The molecule has 0 heteroatoms. The summed E-state index contributed by atoms with van der Waals surface area (Å²) in [7, 11) is 0. The van der Waals surface area contributed by atoms with Gasteiger partial charge in [-0.2, -0.15) is 0 Å². The molecular weight excluding hydrogens is 168 g/mol. The lowest BCUT2D eigenvalue weighted by Gasteiger charge is -1.92. The molecule has 0 saturated carbocycles. The smallest absolute Gasteiger partial charge is 0.0395 e. The Morgan fingerprint density at radius 2 is 1.14 bits per heavy atom. The van der Waals surface area contributed by atoms with E-state index in [1.807, 2.05) is 61.5 Å². The molecule has 0 aliphatic heterocycles. The largest absolute Gasteiger partial charge is 0.0991 e. The molecular formula is C14H30. The molecule has 0 amide bonds. The van der Waals surface area contributed by atoms with Gasteiger partial charge in [-0.15, -0.1) is 0 Å². The average molecular weight is 198 g/mol. The van der Waals surface area contributed by atoms with Crippen LogP contribution in [0, 0.1) is 0 Å². The summed E-state index contributed by atoms with van der Waals surface area (Å²) in [6, 6.07) is 0. The third-order valence-corrected chi connectivity index (χ3v) is 1.04. The molecule has 0 aromatic carbocycles. The van der Waals surface area contributed by atoms with Crippen molar-refractivity contribution in [3.63, 3.8) is 0 Å². The first-order chi connectivity index (χ1) is 6.68. The van der Waals surface area contributed by atoms with Gasteiger partial charge in [-0.3, -0.25) is 0 Å². The normalized spacial score (nSPS) is 7.57. The van der Waals surface area contributed by atoms with Crippen molar-refractivity contribution in [1.29, 1.82) is 0 Å². The Morgan fingerprint density at radius 1 is 0.857 bits per heavy atom. The van der Waals surface area contributed by atoms with Crippen molar-refractivity contribution in [1.82, 2.24) is 0 Å². The predicted molar refractivity (Wildman–Crippen MR) is 72.8 cm³/mol. The highest BCUT2D eigenvalue weighted by atomic mass is 13.9. The van der Waals surface area contributed by atoms with E-state index in [4.69, 9.17) is 0 Å². The number of hydrogen-bond acceptors (Lipinski definition) is 0. The zero-order valence-corrected chi connectivity index (χ0v) is 11.6. The summed E-state index contributed by atoms with van der Waals surface area (Å²) in [5.41, 5.74) is 2.30. The second-order valence-electron chi connectivity index (χ2n) is 1.87. The van der Waals surface area contributed by atoms with Crippen molar-refractivity contribution >= 4 is 0 Å². The van der Waals surface area contributed by atoms with Crippen LogP contribution in [0.15, 0.2) is 36.5 Å². The van der Waals surface area contributed by atoms with E-state index < -0.39 is 0 Å². The maximum Gasteiger partial charge on any atom is -0.0395 e. The molecule has 0 aromatic rings. The molecule has 0 aliphatic carbocycles. The van der Waals surface area contributed by atoms with Crippen LogP contribution in [-0.4, -0.2) is 0 Å². The first-order valence-electron chi connectivity index (χ1n) is 5.63. The molecule has 0 rings (SSSR count). The molecule has 0 fully saturated rings. The van der Waals surface area contributed by atoms with Crippen LogP contribution in [0.4, 0.5) is 0 Å². The summed E-state index contributed by atoms with van der Waals surface area (Å²) >= 11 is 0. The van der Waals surface area contributed by atoms with Crippen molar-refractivity contribution in [2.75, 3.05) is 0 Å². The Hall–Kier alpha value is -0.780. The third kappa shape index (κ3) is 30.3. The van der Waals surface area contributed by atoms with E-state index in [1.54, 1.807) is 6.08 Å². The molecule has 0 aromatic heterocycles. The van der Waals surface area contributed by atoms with E-state index in [0.29, 0.717) is 0 Å². The van der Waals surface area contributed by atoms with Crippen LogP contribution in [-0.2, 0) is 0 Å². The van der Waals surface area contributed by atoms with Gasteiger partial charge in [0.25, 0.3) is 0 Å². The number of allylic oxidation sites excluding steroid dienone is 4. The Labute approximate surface area is 92.4 Å². The van der Waals surface area contributed by atoms with Crippen LogP contribution in [0.25, 0.3) is 0 Å². The number of rotatable bonds is 2. The Morgan fingerprint density at radius 3 is 1.21 bits per heavy atom. The van der Waals surface area contributed by atoms with Crippen molar-refractivity contribution < 1.29 is 0 Å². The third-order valence-electron chi connectivity index (χ3n) is 1.04. The highest BCUT2D eigenvalue weighted by Gasteiger charge is 1.82. The molecule has 0 atom stereocenters. The topological polar surface area (TPSA) is 0 Å². The van der Waals surface area contributed by atoms with Gasteiger partial charge in [0.1, 0.15) is 0 Å². The molecule has 0 radical (unpaired) electrons. The lowest BCUT2D eigenvalue weighted by atomic mass is 10.1. The molecule has 14 heavy (non-hydrogen) atoms. The van der Waals surface area contributed by atoms with Crippen LogP contribution >= 0.6 is 0 Å². The van der Waals surface area contributed by atoms with Gasteiger partial charge in [-0.1, -0.05) is 72.4 Å². The predicted octanol–water partition coefficient (Wildman–Crippen LogP) is 5.77. The molecule has 0 unspecified atom stereocenters. The van der Waals surface area contributed by atoms with E-state index in [2.05, 4.69) is 13.2 Å². The van der Waals surface area contributed by atoms with Crippen LogP contribution in [0.1, 0.15) is 55.4 Å². The minimum absolute atomic E-state index is 1.10. The van der Waals surface area contributed by atoms with E-state index in [0.717, 1.165) is 5.57 Å². The molecule has 0 bridgehead atoms. The maximum atomic E-state index is 3.76. The van der Waals surface area contributed by atoms with Crippen molar-refractivity contribution in [2.24, 2.45) is 0 Å². The fraction of sp³-hybridized carbons (Fsp3) is 0.571. The second-order valence-corrected chi connectivity index (χ2v) is 1.87. The second kappa shape index (κ2) is 29.5. The van der Waals surface area contributed by atoms with E-state index in [1.165, 1.54) is 5.57 Å². The first-order valence-corrected chi connectivity index (χ1v) is 5.63. The molecule has 0 spiro atoms. The van der Waals surface area contributed by atoms with Gasteiger partial charge in [-0.25, -0.2) is 0 Å². The lowest BCUT2D eigenvalue weighted by molar-refractivity contribution is 1.37. The van der Waals surface area contributed by atoms with Crippen molar-refractivity contribution in [3.8, 4) is 0 Å². The van der Waals surface area contributed by atoms with E-state index in [9.17, 15) is 0 Å². The van der Waals surface area contributed by atoms with Gasteiger partial charge in [0.05, 0.1) is 0 Å². The SMILES string of the molecule is C=C/C=C(\C)C(=C)C.CC.CC.CC. The summed E-state index contributed by atoms with van der Waals surface area (Å²) in [6.45, 7) is 23.3. The average Bonchev–Trinajstić information content (AvgIpc) is 2.27. The van der Waals surface area contributed by atoms with Gasteiger partial charge >= 0.3 is 0 Å². The quantitative estimate of drug-likeness (QED) is 0.494. The van der Waals surface area contributed by atoms with Crippen LogP contribution < -0.4 is 0 Å². The van der Waals surface area contributed by atoms with Gasteiger partial charge in [0.15, 0.2) is 0 Å². The molecule has 0 heterocycles. The Balaban J connectivity index is -0.0000000708. The maximum absolute atomic E-state index is 3.76. The Bertz CT molecular complexity index is 127. The first kappa shape index (κ1) is 23.2. The molecule has 86 valence electrons. The van der Waals surface area contributed by atoms with Crippen LogP contribution in [0.2, 0.25) is 0 Å². The van der Waals surface area contributed by atoms with Crippen molar-refractivity contribution in [2.45, 2.75) is 55.4 Å². The minimum atomic E-state index is 1.10. The van der Waals surface area contributed by atoms with Crippen LogP contribution in [0.5, 0.6) is 0 Å². The van der Waals surface area contributed by atoms with E-state index in [-0.39, 0.29) is 0 Å². The monoisotopic (exact) mass is 198 g/mol. The molecule has 0 nitrogen and oxygen atoms in total. The molecule has 0 N–H and O–H groups in total. The summed E-state index contributed by atoms with van der Waals surface area (Å²) < 4.78 is 0. The van der Waals surface area contributed by atoms with Crippen molar-refractivity contribution in [3.05, 3.63) is 36.5 Å². The van der Waals surface area contributed by atoms with Gasteiger partial charge < -0.3 is 0 Å². The summed E-state index contributed by atoms with van der Waals surface area (Å²) in [6.07, 6.45) is 3.71. The van der Waals surface area contributed by atoms with Crippen LogP contribution in [0.3, 0.4) is 0 Å². The van der Waals surface area contributed by atoms with Gasteiger partial charge in [0.2, 0.25) is 0 Å². The minimum Gasteiger partial charge on any atom is -0.0991 e. The fourth-order valence-corrected chi connectivity index (χ4v) is 0.319. The number of hydrogen-bond donors (Lipinski definition) is 0. The molecule has 0 saturated heterocycles. The zero-order valence-electron chi connectivity index (χ0n) is 11.6. The summed E-state index contributed by atoms with van der Waals surface area (Å²) in [5, 5.41) is 0. The Kier molecular flexibility index (Phi) is 49.0. The summed E-state index contributed by atoms with van der Waals surface area (Å²) in [4.78, 5) is 0. The lowest BCUT2D eigenvalue weighted by Crippen LogP contribution is -1.72. The van der Waals surface area contributed by atoms with Gasteiger partial charge in [0, 0.05) is 0 Å². The fourth-order valence-electron chi connectivity index (χ4n) is 0.319. The standard InChI is InChI=1S/C8H12.3C2H6/c1-5-6-8(4)7(2)3;3*1-2/h5-6H,1-2H2,3-4H3;3*1-2H3/b8-6+;;;. The highest BCUT2D eigenvalue weighted by molar-refractivity contribution is 5.26. The van der Waals surface area contributed by atoms with E-state index >= 15 is 0 Å². The zero-order chi connectivity index (χ0) is 12.6. The highest BCUT2D eigenvalue weighted by Crippen LogP contribution is 2.03.